The van der Waals surface area contributed by atoms with E-state index in [4.69, 9.17) is 5.26 Å². The van der Waals surface area contributed by atoms with Gasteiger partial charge in [0.15, 0.2) is 5.69 Å². The number of hydrogen-bond donors (Lipinski definition) is 0. The molecule has 1 atom stereocenters. The van der Waals surface area contributed by atoms with E-state index < -0.39 is 5.82 Å². The maximum atomic E-state index is 13.7. The maximum absolute atomic E-state index is 13.7. The van der Waals surface area contributed by atoms with Crippen LogP contribution in [0.2, 0.25) is 0 Å². The molecule has 2 aromatic rings. The van der Waals surface area contributed by atoms with Crippen molar-refractivity contribution in [3.8, 4) is 11.8 Å². The minimum absolute atomic E-state index is 0.207. The molecule has 0 radical (unpaired) electrons. The van der Waals surface area contributed by atoms with Gasteiger partial charge in [-0.1, -0.05) is 12.1 Å². The summed E-state index contributed by atoms with van der Waals surface area (Å²) in [5.41, 5.74) is 0.495. The second-order valence-corrected chi connectivity index (χ2v) is 4.72. The highest BCUT2D eigenvalue weighted by Crippen LogP contribution is 2.13. The van der Waals surface area contributed by atoms with Crippen molar-refractivity contribution in [1.82, 2.24) is 14.7 Å². The first-order valence-electron chi connectivity index (χ1n) is 6.49. The fourth-order valence-electron chi connectivity index (χ4n) is 1.86. The molecule has 1 amide bonds. The van der Waals surface area contributed by atoms with E-state index in [1.807, 2.05) is 6.07 Å². The predicted molar refractivity (Wildman–Crippen MR) is 75.3 cm³/mol. The summed E-state index contributed by atoms with van der Waals surface area (Å²) in [7, 11) is 1.62. The van der Waals surface area contributed by atoms with Crippen LogP contribution >= 0.6 is 0 Å². The summed E-state index contributed by atoms with van der Waals surface area (Å²) in [4.78, 5) is 13.7. The Morgan fingerprint density at radius 1 is 1.48 bits per heavy atom. The van der Waals surface area contributed by atoms with Gasteiger partial charge in [0.1, 0.15) is 11.5 Å². The third-order valence-electron chi connectivity index (χ3n) is 3.28. The number of carbonyl (C=O) groups is 1. The third-order valence-corrected chi connectivity index (χ3v) is 3.28. The Bertz CT molecular complexity index is 689. The summed E-state index contributed by atoms with van der Waals surface area (Å²) in [5.74, 6) is -0.710. The topological polar surface area (TPSA) is 61.9 Å². The van der Waals surface area contributed by atoms with Crippen molar-refractivity contribution in [3.05, 3.63) is 48.0 Å². The van der Waals surface area contributed by atoms with Crippen LogP contribution in [-0.4, -0.2) is 33.7 Å². The third kappa shape index (κ3) is 3.08. The van der Waals surface area contributed by atoms with Crippen molar-refractivity contribution in [1.29, 1.82) is 5.26 Å². The first-order chi connectivity index (χ1) is 10.0. The van der Waals surface area contributed by atoms with Gasteiger partial charge in [0.05, 0.1) is 12.5 Å². The molecule has 6 heteroatoms. The molecular weight excluding hydrogens is 271 g/mol. The van der Waals surface area contributed by atoms with Gasteiger partial charge >= 0.3 is 0 Å². The molecule has 1 heterocycles. The summed E-state index contributed by atoms with van der Waals surface area (Å²) >= 11 is 0. The summed E-state index contributed by atoms with van der Waals surface area (Å²) in [6.07, 6.45) is 1.78. The lowest BCUT2D eigenvalue weighted by molar-refractivity contribution is 0.0740. The Hall–Kier alpha value is -2.68. The minimum Gasteiger partial charge on any atom is -0.337 e. The Morgan fingerprint density at radius 3 is 2.86 bits per heavy atom. The van der Waals surface area contributed by atoms with Crippen molar-refractivity contribution in [3.63, 3.8) is 0 Å². The normalized spacial score (nSPS) is 11.7. The van der Waals surface area contributed by atoms with Crippen molar-refractivity contribution in [2.75, 3.05) is 7.05 Å². The highest BCUT2D eigenvalue weighted by molar-refractivity contribution is 5.92. The van der Waals surface area contributed by atoms with Crippen LogP contribution in [0.1, 0.15) is 23.8 Å². The molecule has 108 valence electrons. The van der Waals surface area contributed by atoms with Crippen LogP contribution in [0.4, 0.5) is 4.39 Å². The number of carbonyl (C=O) groups excluding carboxylic acids is 1. The molecule has 21 heavy (non-hydrogen) atoms. The first kappa shape index (κ1) is 14.7. The smallest absolute Gasteiger partial charge is 0.274 e. The zero-order valence-corrected chi connectivity index (χ0v) is 11.8. The van der Waals surface area contributed by atoms with Crippen LogP contribution in [0, 0.1) is 17.1 Å². The second kappa shape index (κ2) is 6.18. The highest BCUT2D eigenvalue weighted by Gasteiger charge is 2.20. The van der Waals surface area contributed by atoms with Gasteiger partial charge in [-0.15, -0.1) is 0 Å². The molecular formula is C15H15FN4O. The lowest BCUT2D eigenvalue weighted by Crippen LogP contribution is -2.35. The van der Waals surface area contributed by atoms with Gasteiger partial charge in [0.2, 0.25) is 0 Å². The van der Waals surface area contributed by atoms with Gasteiger partial charge in [-0.05, 0) is 25.1 Å². The van der Waals surface area contributed by atoms with Gasteiger partial charge in [0, 0.05) is 19.3 Å². The number of nitrogens with zero attached hydrogens (tertiary/aromatic N) is 4. The summed E-state index contributed by atoms with van der Waals surface area (Å²) in [6, 6.07) is 9.55. The molecule has 0 aliphatic rings. The number of amides is 1. The van der Waals surface area contributed by atoms with Crippen molar-refractivity contribution in [2.24, 2.45) is 0 Å². The van der Waals surface area contributed by atoms with Gasteiger partial charge < -0.3 is 4.90 Å². The predicted octanol–water partition coefficient (Wildman–Crippen LogP) is 2.39. The fraction of sp³-hybridized carbons (Fsp3) is 0.267. The fourth-order valence-corrected chi connectivity index (χ4v) is 1.86. The molecule has 1 aromatic carbocycles. The summed E-state index contributed by atoms with van der Waals surface area (Å²) < 4.78 is 15.0. The van der Waals surface area contributed by atoms with Crippen LogP contribution in [-0.2, 0) is 0 Å². The van der Waals surface area contributed by atoms with Gasteiger partial charge in [-0.3, -0.25) is 4.79 Å². The number of rotatable bonds is 4. The molecule has 0 fully saturated rings. The van der Waals surface area contributed by atoms with Crippen molar-refractivity contribution in [2.45, 2.75) is 19.4 Å². The van der Waals surface area contributed by atoms with Crippen molar-refractivity contribution < 1.29 is 9.18 Å². The number of benzene rings is 1. The van der Waals surface area contributed by atoms with E-state index in [0.29, 0.717) is 0 Å². The van der Waals surface area contributed by atoms with E-state index in [1.165, 1.54) is 27.9 Å². The Labute approximate surface area is 122 Å². The zero-order valence-electron chi connectivity index (χ0n) is 11.8. The number of halogens is 1. The molecule has 0 aliphatic carbocycles. The SMILES string of the molecule is CC(CC#N)N(C)C(=O)c1ccn(-c2ccccc2F)n1. The van der Waals surface area contributed by atoms with E-state index in [9.17, 15) is 9.18 Å². The molecule has 1 unspecified atom stereocenters. The Kier molecular flexibility index (Phi) is 4.33. The second-order valence-electron chi connectivity index (χ2n) is 4.72. The number of nitriles is 1. The number of hydrogen-bond acceptors (Lipinski definition) is 3. The Morgan fingerprint density at radius 2 is 2.19 bits per heavy atom. The molecule has 0 saturated heterocycles. The average molecular weight is 286 g/mol. The van der Waals surface area contributed by atoms with Crippen LogP contribution < -0.4 is 0 Å². The molecule has 5 nitrogen and oxygen atoms in total. The van der Waals surface area contributed by atoms with E-state index in [1.54, 1.807) is 32.2 Å². The monoisotopic (exact) mass is 286 g/mol. The molecule has 0 aliphatic heterocycles. The minimum atomic E-state index is -0.411. The van der Waals surface area contributed by atoms with Crippen LogP contribution in [0.3, 0.4) is 0 Å². The number of aromatic nitrogens is 2. The summed E-state index contributed by atoms with van der Waals surface area (Å²) in [5, 5.41) is 12.8. The lowest BCUT2D eigenvalue weighted by Gasteiger charge is -2.21. The Balaban J connectivity index is 2.23. The molecule has 0 N–H and O–H groups in total. The van der Waals surface area contributed by atoms with E-state index in [2.05, 4.69) is 5.10 Å². The van der Waals surface area contributed by atoms with Crippen LogP contribution in [0.5, 0.6) is 0 Å². The zero-order chi connectivity index (χ0) is 15.4. The van der Waals surface area contributed by atoms with Gasteiger partial charge in [0.25, 0.3) is 5.91 Å². The van der Waals surface area contributed by atoms with Gasteiger partial charge in [-0.2, -0.15) is 10.4 Å². The average Bonchev–Trinajstić information content (AvgIpc) is 2.96. The molecule has 2 rings (SSSR count). The quantitative estimate of drug-likeness (QED) is 0.867. The molecule has 0 spiro atoms. The molecule has 1 aromatic heterocycles. The molecule has 0 saturated carbocycles. The molecule has 0 bridgehead atoms. The highest BCUT2D eigenvalue weighted by atomic mass is 19.1. The summed E-state index contributed by atoms with van der Waals surface area (Å²) in [6.45, 7) is 1.79. The van der Waals surface area contributed by atoms with Crippen molar-refractivity contribution >= 4 is 5.91 Å². The van der Waals surface area contributed by atoms with E-state index >= 15 is 0 Å². The first-order valence-corrected chi connectivity index (χ1v) is 6.49. The van der Waals surface area contributed by atoms with Crippen LogP contribution in [0.15, 0.2) is 36.5 Å². The standard InChI is InChI=1S/C15H15FN4O/c1-11(7-9-17)19(2)15(21)13-8-10-20(18-13)14-6-4-3-5-12(14)16/h3-6,8,10-11H,7H2,1-2H3. The number of para-hydroxylation sites is 1. The maximum Gasteiger partial charge on any atom is 0.274 e. The van der Waals surface area contributed by atoms with Gasteiger partial charge in [-0.25, -0.2) is 9.07 Å². The largest absolute Gasteiger partial charge is 0.337 e. The van der Waals surface area contributed by atoms with Crippen LogP contribution in [0.25, 0.3) is 5.69 Å². The van der Waals surface area contributed by atoms with E-state index in [0.717, 1.165) is 0 Å². The van der Waals surface area contributed by atoms with E-state index in [-0.39, 0.29) is 29.8 Å². The lowest BCUT2D eigenvalue weighted by atomic mass is 10.2.